The third-order valence-corrected chi connectivity index (χ3v) is 5.19. The molecule has 0 fully saturated rings. The lowest BCUT2D eigenvalue weighted by molar-refractivity contribution is -0.146. The van der Waals surface area contributed by atoms with Gasteiger partial charge in [0.05, 0.1) is 5.69 Å². The third kappa shape index (κ3) is 4.56. The Hall–Kier alpha value is -3.77. The van der Waals surface area contributed by atoms with Gasteiger partial charge >= 0.3 is 0 Å². The van der Waals surface area contributed by atoms with Crippen molar-refractivity contribution in [2.45, 2.75) is 25.1 Å². The van der Waals surface area contributed by atoms with Gasteiger partial charge in [0.2, 0.25) is 5.91 Å². The Balaban J connectivity index is 1.48. The minimum absolute atomic E-state index is 0.0220. The lowest BCUT2D eigenvalue weighted by Crippen LogP contribution is -2.46. The second-order valence-electron chi connectivity index (χ2n) is 7.02. The van der Waals surface area contributed by atoms with Crippen LogP contribution in [0.15, 0.2) is 47.8 Å². The first-order valence-corrected chi connectivity index (χ1v) is 10.0. The van der Waals surface area contributed by atoms with Crippen molar-refractivity contribution >= 4 is 29.6 Å². The van der Waals surface area contributed by atoms with Gasteiger partial charge in [-0.25, -0.2) is 18.5 Å². The maximum atomic E-state index is 14.0. The third-order valence-electron chi connectivity index (χ3n) is 4.96. The first-order valence-electron chi connectivity index (χ1n) is 9.64. The van der Waals surface area contributed by atoms with Gasteiger partial charge in [-0.3, -0.25) is 9.59 Å². The number of tetrazole rings is 1. The monoisotopic (exact) mass is 475 g/mol. The van der Waals surface area contributed by atoms with Gasteiger partial charge in [0, 0.05) is 29.8 Å². The van der Waals surface area contributed by atoms with Gasteiger partial charge in [-0.15, -0.1) is 5.10 Å². The van der Waals surface area contributed by atoms with Crippen molar-refractivity contribution in [2.24, 2.45) is 5.10 Å². The molecular weight excluding hydrogens is 460 g/mol. The Labute approximate surface area is 190 Å². The van der Waals surface area contributed by atoms with Crippen LogP contribution in [0.5, 0.6) is 0 Å². The number of carbonyl (C=O) groups excluding carboxylic acids is 2. The van der Waals surface area contributed by atoms with Gasteiger partial charge in [0.25, 0.3) is 5.91 Å². The maximum absolute atomic E-state index is 14.0. The van der Waals surface area contributed by atoms with Crippen molar-refractivity contribution in [1.29, 1.82) is 0 Å². The molecule has 2 amide bonds. The molecule has 2 N–H and O–H groups in total. The van der Waals surface area contributed by atoms with Crippen LogP contribution in [0.3, 0.4) is 0 Å². The molecule has 1 aromatic heterocycles. The number of benzene rings is 2. The number of aliphatic hydroxyl groups excluding tert-OH is 1. The predicted molar refractivity (Wildman–Crippen MR) is 111 cm³/mol. The topological polar surface area (TPSA) is 126 Å². The number of halogens is 3. The molecule has 13 heteroatoms. The van der Waals surface area contributed by atoms with E-state index < -0.39 is 41.2 Å². The highest BCUT2D eigenvalue weighted by molar-refractivity contribution is 6.30. The summed E-state index contributed by atoms with van der Waals surface area (Å²) in [5.74, 6) is -4.20. The molecule has 0 bridgehead atoms. The quantitative estimate of drug-likeness (QED) is 0.557. The highest BCUT2D eigenvalue weighted by atomic mass is 35.5. The van der Waals surface area contributed by atoms with Crippen LogP contribution >= 0.6 is 11.6 Å². The molecule has 2 heterocycles. The number of aromatic nitrogens is 4. The van der Waals surface area contributed by atoms with Crippen molar-refractivity contribution in [3.8, 4) is 5.69 Å². The molecule has 170 valence electrons. The second kappa shape index (κ2) is 9.38. The lowest BCUT2D eigenvalue weighted by Gasteiger charge is -2.24. The summed E-state index contributed by atoms with van der Waals surface area (Å²) in [5, 5.41) is 29.0. The van der Waals surface area contributed by atoms with E-state index in [1.54, 1.807) is 18.2 Å². The van der Waals surface area contributed by atoms with Crippen molar-refractivity contribution in [1.82, 2.24) is 30.5 Å². The summed E-state index contributed by atoms with van der Waals surface area (Å²) in [7, 11) is 0. The maximum Gasteiger partial charge on any atom is 0.276 e. The number of nitrogens with zero attached hydrogens (tertiary/aromatic N) is 6. The SMILES string of the molecule is O=C(NCc1cc(Cl)ccc1-n1cnnn1)[C@@H]1CC=NN1C(=O)C(O)c1cccc(F)c1F. The molecule has 2 aromatic carbocycles. The molecule has 0 saturated heterocycles. The zero-order valence-corrected chi connectivity index (χ0v) is 17.5. The van der Waals surface area contributed by atoms with Crippen molar-refractivity contribution in [3.63, 3.8) is 0 Å². The number of aliphatic hydroxyl groups is 1. The van der Waals surface area contributed by atoms with Gasteiger partial charge in [0.15, 0.2) is 17.7 Å². The standard InChI is InChI=1S/C20H16ClF2N7O3/c21-12-4-5-15(29-10-25-27-28-29)11(8-12)9-24-19(32)16-6-7-26-30(16)20(33)18(31)13-2-1-3-14(22)17(13)23/h1-5,7-8,10,16,18,31H,6,9H2,(H,24,32)/t16-,18?/m0/s1. The lowest BCUT2D eigenvalue weighted by atomic mass is 10.1. The van der Waals surface area contributed by atoms with Gasteiger partial charge < -0.3 is 10.4 Å². The molecule has 4 rings (SSSR count). The predicted octanol–water partition coefficient (Wildman–Crippen LogP) is 1.53. The molecule has 0 aliphatic carbocycles. The van der Waals surface area contributed by atoms with Crippen molar-refractivity contribution < 1.29 is 23.5 Å². The summed E-state index contributed by atoms with van der Waals surface area (Å²) in [5.41, 5.74) is 0.630. The Bertz CT molecular complexity index is 1220. The molecule has 10 nitrogen and oxygen atoms in total. The minimum atomic E-state index is -2.04. The van der Waals surface area contributed by atoms with Crippen LogP contribution in [0, 0.1) is 11.6 Å². The fourth-order valence-electron chi connectivity index (χ4n) is 3.32. The molecule has 0 radical (unpaired) electrons. The Morgan fingerprint density at radius 2 is 2.09 bits per heavy atom. The van der Waals surface area contributed by atoms with Gasteiger partial charge in [0.1, 0.15) is 12.4 Å². The van der Waals surface area contributed by atoms with Crippen LogP contribution in [0.2, 0.25) is 5.02 Å². The van der Waals surface area contributed by atoms with Crippen LogP contribution < -0.4 is 5.32 Å². The first kappa shape index (κ1) is 22.4. The number of carbonyl (C=O) groups is 2. The van der Waals surface area contributed by atoms with E-state index in [-0.39, 0.29) is 13.0 Å². The van der Waals surface area contributed by atoms with Crippen LogP contribution in [0.1, 0.15) is 23.7 Å². The number of hydrazone groups is 1. The Morgan fingerprint density at radius 3 is 2.85 bits per heavy atom. The molecule has 2 atom stereocenters. The van der Waals surface area contributed by atoms with Gasteiger partial charge in [-0.1, -0.05) is 23.7 Å². The average Bonchev–Trinajstić information content (AvgIpc) is 3.51. The van der Waals surface area contributed by atoms with Crippen LogP contribution in [0.25, 0.3) is 5.69 Å². The van der Waals surface area contributed by atoms with E-state index in [2.05, 4.69) is 25.9 Å². The number of rotatable bonds is 6. The van der Waals surface area contributed by atoms with Gasteiger partial charge in [-0.05, 0) is 40.3 Å². The largest absolute Gasteiger partial charge is 0.378 e. The van der Waals surface area contributed by atoms with E-state index in [1.165, 1.54) is 17.2 Å². The number of hydrogen-bond acceptors (Lipinski definition) is 7. The highest BCUT2D eigenvalue weighted by Crippen LogP contribution is 2.25. The minimum Gasteiger partial charge on any atom is -0.378 e. The Kier molecular flexibility index (Phi) is 6.38. The normalized spacial score (nSPS) is 16.1. The van der Waals surface area contributed by atoms with Crippen LogP contribution in [0.4, 0.5) is 8.78 Å². The zero-order valence-electron chi connectivity index (χ0n) is 16.8. The summed E-state index contributed by atoms with van der Waals surface area (Å²) in [6, 6.07) is 6.97. The van der Waals surface area contributed by atoms with Crippen molar-refractivity contribution in [2.75, 3.05) is 0 Å². The van der Waals surface area contributed by atoms with Crippen LogP contribution in [-0.4, -0.2) is 54.4 Å². The van der Waals surface area contributed by atoms with Crippen LogP contribution in [-0.2, 0) is 16.1 Å². The molecule has 1 aliphatic heterocycles. The zero-order chi connectivity index (χ0) is 23.5. The summed E-state index contributed by atoms with van der Waals surface area (Å²) < 4.78 is 28.9. The smallest absolute Gasteiger partial charge is 0.276 e. The number of nitrogens with one attached hydrogen (secondary N) is 1. The van der Waals surface area contributed by atoms with E-state index in [0.29, 0.717) is 16.3 Å². The number of amides is 2. The molecule has 0 saturated carbocycles. The summed E-state index contributed by atoms with van der Waals surface area (Å²) >= 11 is 6.07. The van der Waals surface area contributed by atoms with Crippen molar-refractivity contribution in [3.05, 3.63) is 70.5 Å². The first-order chi connectivity index (χ1) is 15.9. The average molecular weight is 476 g/mol. The fraction of sp³-hybridized carbons (Fsp3) is 0.200. The van der Waals surface area contributed by atoms with E-state index >= 15 is 0 Å². The highest BCUT2D eigenvalue weighted by Gasteiger charge is 2.37. The van der Waals surface area contributed by atoms with E-state index in [1.807, 2.05) is 0 Å². The molecular formula is C20H16ClF2N7O3. The number of hydrogen-bond donors (Lipinski definition) is 2. The summed E-state index contributed by atoms with van der Waals surface area (Å²) in [6.07, 6.45) is 0.742. The molecule has 33 heavy (non-hydrogen) atoms. The molecule has 0 spiro atoms. The van der Waals surface area contributed by atoms with Gasteiger partial charge in [-0.2, -0.15) is 5.10 Å². The molecule has 1 unspecified atom stereocenters. The molecule has 3 aromatic rings. The Morgan fingerprint density at radius 1 is 1.27 bits per heavy atom. The summed E-state index contributed by atoms with van der Waals surface area (Å²) in [4.78, 5) is 25.5. The second-order valence-corrected chi connectivity index (χ2v) is 7.46. The fourth-order valence-corrected chi connectivity index (χ4v) is 3.52. The van der Waals surface area contributed by atoms with E-state index in [0.717, 1.165) is 23.2 Å². The van der Waals surface area contributed by atoms with E-state index in [4.69, 9.17) is 11.6 Å². The molecule has 1 aliphatic rings. The summed E-state index contributed by atoms with van der Waals surface area (Å²) in [6.45, 7) is 0.0220. The van der Waals surface area contributed by atoms with E-state index in [9.17, 15) is 23.5 Å².